The van der Waals surface area contributed by atoms with Crippen molar-refractivity contribution in [3.8, 4) is 0 Å². The maximum Gasteiger partial charge on any atom is 0.0348 e. The molecule has 0 spiro atoms. The van der Waals surface area contributed by atoms with Crippen molar-refractivity contribution in [1.29, 1.82) is 0 Å². The van der Waals surface area contributed by atoms with Gasteiger partial charge in [-0.25, -0.2) is 0 Å². The minimum Gasteiger partial charge on any atom is -0.314 e. The monoisotopic (exact) mass is 317 g/mol. The summed E-state index contributed by atoms with van der Waals surface area (Å²) < 4.78 is 0. The summed E-state index contributed by atoms with van der Waals surface area (Å²) >= 11 is 21.5. The van der Waals surface area contributed by atoms with Crippen molar-refractivity contribution in [1.82, 2.24) is 5.32 Å². The summed E-state index contributed by atoms with van der Waals surface area (Å²) in [5, 5.41) is 3.02. The lowest BCUT2D eigenvalue weighted by molar-refractivity contribution is 0.770. The Kier molecular flexibility index (Phi) is 35.5. The number of hydrogen-bond acceptors (Lipinski definition) is 1. The molecule has 0 fully saturated rings. The van der Waals surface area contributed by atoms with E-state index in [1.165, 1.54) is 6.42 Å². The Balaban J connectivity index is -0.000000180. The number of alkyl halides is 4. The van der Waals surface area contributed by atoms with Crippen LogP contribution in [0.4, 0.5) is 0 Å². The highest BCUT2D eigenvalue weighted by molar-refractivity contribution is 6.18. The van der Waals surface area contributed by atoms with Crippen LogP contribution < -0.4 is 5.32 Å². The molecule has 0 rings (SSSR count). The lowest BCUT2D eigenvalue weighted by Gasteiger charge is -1.93. The second-order valence-corrected chi connectivity index (χ2v) is 4.08. The van der Waals surface area contributed by atoms with Gasteiger partial charge < -0.3 is 5.32 Å². The summed E-state index contributed by atoms with van der Waals surface area (Å²) in [6.45, 7) is 1.71. The van der Waals surface area contributed by atoms with Crippen LogP contribution in [0.15, 0.2) is 0 Å². The van der Waals surface area contributed by atoms with E-state index in [1.54, 1.807) is 0 Å². The van der Waals surface area contributed by atoms with Gasteiger partial charge in [-0.2, -0.15) is 0 Å². The molecule has 1 nitrogen and oxygen atoms in total. The normalized spacial score (nSPS) is 8.80. The molecule has 0 unspecified atom stereocenters. The van der Waals surface area contributed by atoms with E-state index in [9.17, 15) is 0 Å². The average molecular weight is 320 g/mol. The Labute approximate surface area is 120 Å². The predicted molar refractivity (Wildman–Crippen MR) is 76.8 cm³/mol. The lowest BCUT2D eigenvalue weighted by atomic mass is 10.3. The van der Waals surface area contributed by atoms with Crippen molar-refractivity contribution in [3.05, 3.63) is 0 Å². The van der Waals surface area contributed by atoms with E-state index in [0.717, 1.165) is 37.7 Å². The van der Waals surface area contributed by atoms with Gasteiger partial charge in [0.1, 0.15) is 0 Å². The molecule has 0 aliphatic heterocycles. The first kappa shape index (κ1) is 21.7. The number of rotatable bonds is 8. The van der Waals surface area contributed by atoms with Crippen LogP contribution in [0.5, 0.6) is 0 Å². The van der Waals surface area contributed by atoms with E-state index in [2.05, 4.69) is 5.32 Å². The van der Waals surface area contributed by atoms with E-state index in [0.29, 0.717) is 11.8 Å². The fourth-order valence-electron chi connectivity index (χ4n) is 0.624. The fraction of sp³-hybridized carbons (Fsp3) is 1.00. The number of nitrogens with one attached hydrogen (secondary N) is 1. The van der Waals surface area contributed by atoms with Gasteiger partial charge in [0.2, 0.25) is 0 Å². The zero-order valence-electron chi connectivity index (χ0n) is 8.78. The van der Waals surface area contributed by atoms with Crippen molar-refractivity contribution in [2.75, 3.05) is 36.6 Å². The second kappa shape index (κ2) is 24.6. The predicted octanol–water partition coefficient (Wildman–Crippen LogP) is 4.11. The average Bonchev–Trinajstić information content (AvgIpc) is 2.21. The van der Waals surface area contributed by atoms with Crippen LogP contribution in [-0.2, 0) is 0 Å². The molecule has 0 radical (unpaired) electrons. The molecule has 96 valence electrons. The first-order valence-electron chi connectivity index (χ1n) is 4.78. The van der Waals surface area contributed by atoms with E-state index in [-0.39, 0.29) is 12.4 Å². The van der Waals surface area contributed by atoms with Gasteiger partial charge in [0, 0.05) is 36.6 Å². The third kappa shape index (κ3) is 31.3. The molecule has 15 heavy (non-hydrogen) atoms. The molecule has 0 aliphatic carbocycles. The van der Waals surface area contributed by atoms with Gasteiger partial charge in [0.25, 0.3) is 0 Å². The second-order valence-electron chi connectivity index (χ2n) is 2.57. The number of hydrogen-bond donors (Lipinski definition) is 1. The highest BCUT2D eigenvalue weighted by Crippen LogP contribution is 1.97. The molecule has 0 aromatic heterocycles. The highest BCUT2D eigenvalue weighted by atomic mass is 35.5. The van der Waals surface area contributed by atoms with Crippen LogP contribution >= 0.6 is 58.8 Å². The van der Waals surface area contributed by atoms with Crippen LogP contribution in [0.25, 0.3) is 0 Å². The number of unbranched alkanes of at least 4 members (excludes halogenated alkanes) is 2. The van der Waals surface area contributed by atoms with Crippen molar-refractivity contribution in [3.63, 3.8) is 0 Å². The highest BCUT2D eigenvalue weighted by Gasteiger charge is 1.82. The van der Waals surface area contributed by atoms with E-state index >= 15 is 0 Å². The molecule has 0 bridgehead atoms. The van der Waals surface area contributed by atoms with Gasteiger partial charge in [0.15, 0.2) is 0 Å². The molecule has 0 atom stereocenters. The maximum atomic E-state index is 5.39. The van der Waals surface area contributed by atoms with Crippen molar-refractivity contribution in [2.24, 2.45) is 0 Å². The Morgan fingerprint density at radius 3 is 1.27 bits per heavy atom. The van der Waals surface area contributed by atoms with Crippen LogP contribution in [0.1, 0.15) is 19.3 Å². The zero-order chi connectivity index (χ0) is 11.1. The Morgan fingerprint density at radius 2 is 1.00 bits per heavy atom. The zero-order valence-corrected chi connectivity index (χ0v) is 12.6. The molecular weight excluding hydrogens is 299 g/mol. The molecule has 0 heterocycles. The molecule has 0 saturated heterocycles. The van der Waals surface area contributed by atoms with Crippen LogP contribution in [-0.4, -0.2) is 36.6 Å². The number of halogens is 5. The summed E-state index contributed by atoms with van der Waals surface area (Å²) in [6.07, 6.45) is 3.38. The molecular formula is C9H20Cl5N. The van der Waals surface area contributed by atoms with Gasteiger partial charge in [-0.3, -0.25) is 0 Å². The topological polar surface area (TPSA) is 12.0 Å². The summed E-state index contributed by atoms with van der Waals surface area (Å²) in [5.74, 6) is 2.88. The van der Waals surface area contributed by atoms with E-state index in [1.807, 2.05) is 0 Å². The Morgan fingerprint density at radius 1 is 0.600 bits per heavy atom. The molecule has 6 heteroatoms. The molecule has 0 aromatic rings. The van der Waals surface area contributed by atoms with Gasteiger partial charge in [-0.15, -0.1) is 58.8 Å². The summed E-state index contributed by atoms with van der Waals surface area (Å²) in [4.78, 5) is 0. The minimum atomic E-state index is 0. The third-order valence-electron chi connectivity index (χ3n) is 1.31. The van der Waals surface area contributed by atoms with Gasteiger partial charge in [0.05, 0.1) is 0 Å². The summed E-state index contributed by atoms with van der Waals surface area (Å²) in [5.41, 5.74) is 0. The Hall–Kier alpha value is 1.41. The molecule has 1 N–H and O–H groups in total. The molecule has 0 saturated carbocycles. The first-order valence-corrected chi connectivity index (χ1v) is 6.91. The summed E-state index contributed by atoms with van der Waals surface area (Å²) in [6, 6.07) is 0. The van der Waals surface area contributed by atoms with Crippen LogP contribution in [0.3, 0.4) is 0 Å². The third-order valence-corrected chi connectivity index (χ3v) is 2.22. The van der Waals surface area contributed by atoms with Gasteiger partial charge >= 0.3 is 0 Å². The largest absolute Gasteiger partial charge is 0.314 e. The van der Waals surface area contributed by atoms with Gasteiger partial charge in [-0.1, -0.05) is 6.42 Å². The quantitative estimate of drug-likeness (QED) is 0.524. The lowest BCUT2D eigenvalue weighted by Crippen LogP contribution is -2.18. The first-order chi connectivity index (χ1) is 6.83. The van der Waals surface area contributed by atoms with Crippen molar-refractivity contribution < 1.29 is 0 Å². The van der Waals surface area contributed by atoms with E-state index < -0.39 is 0 Å². The molecule has 0 aliphatic rings. The Bertz CT molecular complexity index is 66.9. The fourth-order valence-corrected chi connectivity index (χ4v) is 1.27. The minimum absolute atomic E-state index is 0. The van der Waals surface area contributed by atoms with Gasteiger partial charge in [-0.05, 0) is 12.8 Å². The van der Waals surface area contributed by atoms with E-state index in [4.69, 9.17) is 46.4 Å². The standard InChI is InChI=1S/C5H10Cl2.C4H9Cl2N.ClH/c6-4-2-1-3-5-7;5-1-3-7-4-2-6;/h1-5H2;7H,1-4H2;1H. The summed E-state index contributed by atoms with van der Waals surface area (Å²) in [7, 11) is 0. The van der Waals surface area contributed by atoms with Crippen LogP contribution in [0.2, 0.25) is 0 Å². The van der Waals surface area contributed by atoms with Crippen LogP contribution in [0, 0.1) is 0 Å². The van der Waals surface area contributed by atoms with Crippen molar-refractivity contribution >= 4 is 58.8 Å². The molecule has 0 amide bonds. The maximum absolute atomic E-state index is 5.39. The van der Waals surface area contributed by atoms with Crippen molar-refractivity contribution in [2.45, 2.75) is 19.3 Å². The molecule has 0 aromatic carbocycles. The SMILES string of the molecule is Cl.ClCCCCCCl.ClCCNCCCl. The smallest absolute Gasteiger partial charge is 0.0348 e.